The normalized spacial score (nSPS) is 11.6. The number of anilines is 1. The molecule has 0 spiro atoms. The number of likely N-dealkylation sites (N-methyl/N-ethyl adjacent to an activating group) is 1. The van der Waals surface area contributed by atoms with Crippen LogP contribution in [0, 0.1) is 10.9 Å². The van der Waals surface area contributed by atoms with Crippen molar-refractivity contribution < 1.29 is 19.1 Å². The highest BCUT2D eigenvalue weighted by molar-refractivity contribution is 6.46. The number of ether oxygens (including phenoxy) is 2. The molecule has 1 heterocycles. The summed E-state index contributed by atoms with van der Waals surface area (Å²) in [7, 11) is 1.47. The van der Waals surface area contributed by atoms with Gasteiger partial charge in [0.1, 0.15) is 5.82 Å². The molecule has 0 fully saturated rings. The Bertz CT molecular complexity index is 976. The summed E-state index contributed by atoms with van der Waals surface area (Å²) in [6.07, 6.45) is 0. The van der Waals surface area contributed by atoms with Gasteiger partial charge in [-0.1, -0.05) is 46.8 Å². The van der Waals surface area contributed by atoms with Crippen molar-refractivity contribution >= 4 is 23.3 Å². The van der Waals surface area contributed by atoms with E-state index < -0.39 is 11.7 Å². The van der Waals surface area contributed by atoms with Crippen LogP contribution in [0.4, 0.5) is 5.82 Å². The van der Waals surface area contributed by atoms with Crippen LogP contribution in [-0.4, -0.2) is 53.5 Å². The smallest absolute Gasteiger partial charge is 0.285 e. The standard InChI is InChI=1S/C22H29N7O4/c1-5-31-22(3,32-6-2)21(30)26-18-14-10-13-17(25-18)15-33-27-19(20(23)29(4)28-24)16-11-8-7-9-12-16/h7-14,23-24H,5-6,15H2,1-4H3,(H,25,26,30)/b23-20?,27-19-,28-24?. The van der Waals surface area contributed by atoms with E-state index in [-0.39, 0.29) is 18.2 Å². The Balaban J connectivity index is 2.14. The summed E-state index contributed by atoms with van der Waals surface area (Å²) in [6, 6.07) is 14.1. The molecule has 11 heteroatoms. The predicted molar refractivity (Wildman–Crippen MR) is 123 cm³/mol. The van der Waals surface area contributed by atoms with E-state index in [4.69, 9.17) is 25.3 Å². The van der Waals surface area contributed by atoms with Crippen molar-refractivity contribution in [1.82, 2.24) is 9.99 Å². The third-order valence-corrected chi connectivity index (χ3v) is 4.41. The van der Waals surface area contributed by atoms with Crippen LogP contribution in [0.2, 0.25) is 0 Å². The number of oxime groups is 1. The summed E-state index contributed by atoms with van der Waals surface area (Å²) in [5, 5.41) is 19.3. The number of amidine groups is 1. The Morgan fingerprint density at radius 2 is 1.79 bits per heavy atom. The van der Waals surface area contributed by atoms with E-state index in [2.05, 4.69) is 20.7 Å². The molecule has 2 rings (SSSR count). The van der Waals surface area contributed by atoms with Gasteiger partial charge in [0.05, 0.1) is 5.69 Å². The molecule has 1 amide bonds. The topological polar surface area (TPSA) is 145 Å². The SMILES string of the molecule is CCOC(C)(OCC)C(=O)Nc1cccc(CO/N=C(\C(=N)N(C)N=N)c2ccccc2)n1. The van der Waals surface area contributed by atoms with Crippen molar-refractivity contribution in [3.05, 3.63) is 59.8 Å². The summed E-state index contributed by atoms with van der Waals surface area (Å²) < 4.78 is 10.9. The summed E-state index contributed by atoms with van der Waals surface area (Å²) in [5.74, 6) is -1.70. The number of amides is 1. The van der Waals surface area contributed by atoms with Crippen molar-refractivity contribution in [2.45, 2.75) is 33.2 Å². The molecule has 0 unspecified atom stereocenters. The lowest BCUT2D eigenvalue weighted by Crippen LogP contribution is -2.45. The lowest BCUT2D eigenvalue weighted by atomic mass is 10.1. The lowest BCUT2D eigenvalue weighted by molar-refractivity contribution is -0.214. The molecule has 0 saturated heterocycles. The Morgan fingerprint density at radius 1 is 1.12 bits per heavy atom. The molecule has 11 nitrogen and oxygen atoms in total. The second-order valence-corrected chi connectivity index (χ2v) is 6.83. The molecule has 0 aliphatic heterocycles. The van der Waals surface area contributed by atoms with Crippen molar-refractivity contribution in [3.8, 4) is 0 Å². The molecule has 0 aliphatic rings. The van der Waals surface area contributed by atoms with E-state index in [1.54, 1.807) is 51.1 Å². The number of nitrogens with zero attached hydrogens (tertiary/aromatic N) is 4. The second-order valence-electron chi connectivity index (χ2n) is 6.83. The Kier molecular flexibility index (Phi) is 9.58. The van der Waals surface area contributed by atoms with Crippen molar-refractivity contribution in [2.24, 2.45) is 10.4 Å². The average Bonchev–Trinajstić information content (AvgIpc) is 2.82. The van der Waals surface area contributed by atoms with Crippen LogP contribution in [0.15, 0.2) is 58.9 Å². The minimum Gasteiger partial charge on any atom is -0.389 e. The maximum absolute atomic E-state index is 12.6. The molecule has 0 aliphatic carbocycles. The van der Waals surface area contributed by atoms with Crippen LogP contribution in [0.1, 0.15) is 32.0 Å². The molecule has 0 atom stereocenters. The fraction of sp³-hybridized carbons (Fsp3) is 0.364. The number of pyridine rings is 1. The molecule has 0 saturated carbocycles. The predicted octanol–water partition coefficient (Wildman–Crippen LogP) is 3.59. The zero-order chi connectivity index (χ0) is 24.3. The average molecular weight is 456 g/mol. The zero-order valence-corrected chi connectivity index (χ0v) is 19.2. The maximum atomic E-state index is 12.6. The number of carbonyl (C=O) groups is 1. The monoisotopic (exact) mass is 455 g/mol. The number of rotatable bonds is 12. The number of aromatic nitrogens is 1. The van der Waals surface area contributed by atoms with E-state index in [0.29, 0.717) is 30.3 Å². The number of benzene rings is 1. The first-order valence-corrected chi connectivity index (χ1v) is 10.3. The molecule has 0 bridgehead atoms. The molecule has 2 aromatic rings. The van der Waals surface area contributed by atoms with Gasteiger partial charge >= 0.3 is 0 Å². The van der Waals surface area contributed by atoms with Crippen LogP contribution < -0.4 is 5.32 Å². The molecule has 1 aromatic heterocycles. The number of hydrogen-bond donors (Lipinski definition) is 3. The van der Waals surface area contributed by atoms with Gasteiger partial charge in [0.25, 0.3) is 5.91 Å². The molecule has 3 N–H and O–H groups in total. The molecule has 0 radical (unpaired) electrons. The summed E-state index contributed by atoms with van der Waals surface area (Å²) in [4.78, 5) is 22.5. The second kappa shape index (κ2) is 12.4. The first kappa shape index (κ1) is 25.6. The summed E-state index contributed by atoms with van der Waals surface area (Å²) >= 11 is 0. The van der Waals surface area contributed by atoms with Gasteiger partial charge < -0.3 is 19.6 Å². The van der Waals surface area contributed by atoms with Crippen LogP contribution >= 0.6 is 0 Å². The van der Waals surface area contributed by atoms with Gasteiger partial charge in [-0.2, -0.15) is 5.53 Å². The summed E-state index contributed by atoms with van der Waals surface area (Å²) in [6.45, 7) is 5.72. The highest BCUT2D eigenvalue weighted by Gasteiger charge is 2.35. The van der Waals surface area contributed by atoms with Crippen molar-refractivity contribution in [2.75, 3.05) is 25.6 Å². The highest BCUT2D eigenvalue weighted by atomic mass is 16.7. The van der Waals surface area contributed by atoms with Crippen LogP contribution in [0.3, 0.4) is 0 Å². The molecular weight excluding hydrogens is 426 g/mol. The third kappa shape index (κ3) is 7.16. The van der Waals surface area contributed by atoms with E-state index in [0.717, 1.165) is 5.01 Å². The highest BCUT2D eigenvalue weighted by Crippen LogP contribution is 2.16. The van der Waals surface area contributed by atoms with E-state index >= 15 is 0 Å². The molecule has 33 heavy (non-hydrogen) atoms. The van der Waals surface area contributed by atoms with Crippen LogP contribution in [0.25, 0.3) is 0 Å². The number of carbonyl (C=O) groups excluding carboxylic acids is 1. The fourth-order valence-electron chi connectivity index (χ4n) is 2.78. The van der Waals surface area contributed by atoms with E-state index in [1.807, 2.05) is 18.2 Å². The largest absolute Gasteiger partial charge is 0.389 e. The van der Waals surface area contributed by atoms with Gasteiger partial charge in [-0.05, 0) is 32.9 Å². The minimum absolute atomic E-state index is 0.0107. The molecule has 176 valence electrons. The van der Waals surface area contributed by atoms with Crippen LogP contribution in [-0.2, 0) is 25.7 Å². The van der Waals surface area contributed by atoms with Gasteiger partial charge in [0, 0.05) is 25.8 Å². The van der Waals surface area contributed by atoms with E-state index in [9.17, 15) is 4.79 Å². The summed E-state index contributed by atoms with van der Waals surface area (Å²) in [5.41, 5.74) is 8.49. The Labute approximate surface area is 192 Å². The zero-order valence-electron chi connectivity index (χ0n) is 19.2. The fourth-order valence-corrected chi connectivity index (χ4v) is 2.78. The quantitative estimate of drug-likeness (QED) is 0.147. The first-order chi connectivity index (χ1) is 15.8. The Morgan fingerprint density at radius 3 is 2.39 bits per heavy atom. The first-order valence-electron chi connectivity index (χ1n) is 10.3. The Hall–Kier alpha value is -3.70. The third-order valence-electron chi connectivity index (χ3n) is 4.41. The van der Waals surface area contributed by atoms with Gasteiger partial charge in [-0.3, -0.25) is 10.2 Å². The van der Waals surface area contributed by atoms with Gasteiger partial charge in [0.15, 0.2) is 18.2 Å². The minimum atomic E-state index is -1.43. The maximum Gasteiger partial charge on any atom is 0.285 e. The number of nitrogens with one attached hydrogen (secondary N) is 3. The molecular formula is C22H29N7O4. The molecule has 1 aromatic carbocycles. The van der Waals surface area contributed by atoms with Gasteiger partial charge in [0.2, 0.25) is 5.79 Å². The van der Waals surface area contributed by atoms with E-state index in [1.165, 1.54) is 7.05 Å². The lowest BCUT2D eigenvalue weighted by Gasteiger charge is -2.27. The number of hydrogen-bond acceptors (Lipinski definition) is 9. The van der Waals surface area contributed by atoms with Gasteiger partial charge in [-0.15, -0.1) is 0 Å². The van der Waals surface area contributed by atoms with Gasteiger partial charge in [-0.25, -0.2) is 9.99 Å². The van der Waals surface area contributed by atoms with Crippen LogP contribution in [0.5, 0.6) is 0 Å². The van der Waals surface area contributed by atoms with Crippen molar-refractivity contribution in [3.63, 3.8) is 0 Å². The van der Waals surface area contributed by atoms with Crippen molar-refractivity contribution in [1.29, 1.82) is 10.9 Å².